The van der Waals surface area contributed by atoms with Crippen LogP contribution < -0.4 is 0 Å². The minimum absolute atomic E-state index is 0.0535. The lowest BCUT2D eigenvalue weighted by atomic mass is 10.1. The van der Waals surface area contributed by atoms with Gasteiger partial charge in [0.25, 0.3) is 0 Å². The van der Waals surface area contributed by atoms with Gasteiger partial charge in [0, 0.05) is 19.7 Å². The van der Waals surface area contributed by atoms with E-state index in [0.717, 1.165) is 38.8 Å². The molecule has 7 nitrogen and oxygen atoms in total. The topological polar surface area (TPSA) is 69.5 Å². The highest BCUT2D eigenvalue weighted by Crippen LogP contribution is 2.20. The van der Waals surface area contributed by atoms with Crippen molar-refractivity contribution < 1.29 is 14.3 Å². The fourth-order valence-corrected chi connectivity index (χ4v) is 2.95. The highest BCUT2D eigenvalue weighted by atomic mass is 16.5. The average Bonchev–Trinajstić information content (AvgIpc) is 3.21. The third-order valence-electron chi connectivity index (χ3n) is 4.11. The van der Waals surface area contributed by atoms with Gasteiger partial charge in [0.05, 0.1) is 18.8 Å². The van der Waals surface area contributed by atoms with Gasteiger partial charge < -0.3 is 14.4 Å². The summed E-state index contributed by atoms with van der Waals surface area (Å²) < 4.78 is 12.8. The van der Waals surface area contributed by atoms with Gasteiger partial charge in [-0.15, -0.1) is 0 Å². The van der Waals surface area contributed by atoms with Crippen molar-refractivity contribution in [3.05, 3.63) is 12.7 Å². The number of hydrogen-bond donors (Lipinski definition) is 0. The molecular formula is C14H22N4O3. The summed E-state index contributed by atoms with van der Waals surface area (Å²) >= 11 is 0. The van der Waals surface area contributed by atoms with Crippen molar-refractivity contribution in [2.24, 2.45) is 0 Å². The molecule has 2 aliphatic heterocycles. The van der Waals surface area contributed by atoms with Crippen LogP contribution in [-0.4, -0.2) is 64.6 Å². The molecule has 0 aromatic carbocycles. The van der Waals surface area contributed by atoms with Crippen LogP contribution in [0.15, 0.2) is 12.7 Å². The molecule has 1 aromatic heterocycles. The van der Waals surface area contributed by atoms with Crippen LogP contribution in [0.5, 0.6) is 0 Å². The van der Waals surface area contributed by atoms with E-state index in [0.29, 0.717) is 13.2 Å². The summed E-state index contributed by atoms with van der Waals surface area (Å²) in [5.74, 6) is 0.0535. The Morgan fingerprint density at radius 2 is 2.33 bits per heavy atom. The van der Waals surface area contributed by atoms with E-state index < -0.39 is 0 Å². The first-order valence-corrected chi connectivity index (χ1v) is 7.64. The minimum atomic E-state index is 0.0535. The summed E-state index contributed by atoms with van der Waals surface area (Å²) in [4.78, 5) is 18.0. The Bertz CT molecular complexity index is 445. The number of carbonyl (C=O) groups excluding carboxylic acids is 1. The zero-order chi connectivity index (χ0) is 14.5. The van der Waals surface area contributed by atoms with E-state index in [1.807, 2.05) is 9.58 Å². The van der Waals surface area contributed by atoms with E-state index in [9.17, 15) is 4.79 Å². The highest BCUT2D eigenvalue weighted by molar-refractivity contribution is 5.77. The largest absolute Gasteiger partial charge is 0.376 e. The fraction of sp³-hybridized carbons (Fsp3) is 0.786. The SMILES string of the molecule is O=C(COC[C@H]1CCCO1)N1CCC[C@H](n2cncn2)C1. The number of carbonyl (C=O) groups is 1. The van der Waals surface area contributed by atoms with Gasteiger partial charge in [-0.3, -0.25) is 4.79 Å². The van der Waals surface area contributed by atoms with Crippen molar-refractivity contribution in [3.63, 3.8) is 0 Å². The Balaban J connectivity index is 1.43. The van der Waals surface area contributed by atoms with E-state index >= 15 is 0 Å². The Morgan fingerprint density at radius 3 is 3.10 bits per heavy atom. The maximum Gasteiger partial charge on any atom is 0.248 e. The maximum atomic E-state index is 12.2. The highest BCUT2D eigenvalue weighted by Gasteiger charge is 2.25. The number of rotatable bonds is 5. The molecule has 0 spiro atoms. The molecule has 116 valence electrons. The van der Waals surface area contributed by atoms with E-state index in [1.54, 1.807) is 6.33 Å². The maximum absolute atomic E-state index is 12.2. The molecule has 1 aromatic rings. The molecular weight excluding hydrogens is 272 g/mol. The lowest BCUT2D eigenvalue weighted by Crippen LogP contribution is -2.42. The Kier molecular flexibility index (Phi) is 4.82. The third-order valence-corrected chi connectivity index (χ3v) is 4.11. The molecule has 1 amide bonds. The number of nitrogens with zero attached hydrogens (tertiary/aromatic N) is 4. The van der Waals surface area contributed by atoms with Crippen molar-refractivity contribution in [2.75, 3.05) is 32.9 Å². The van der Waals surface area contributed by atoms with Gasteiger partial charge in [-0.25, -0.2) is 9.67 Å². The van der Waals surface area contributed by atoms with Crippen LogP contribution in [0.2, 0.25) is 0 Å². The second-order valence-electron chi connectivity index (χ2n) is 5.66. The molecule has 2 fully saturated rings. The lowest BCUT2D eigenvalue weighted by Gasteiger charge is -2.32. The summed E-state index contributed by atoms with van der Waals surface area (Å²) in [5, 5.41) is 4.17. The van der Waals surface area contributed by atoms with E-state index in [-0.39, 0.29) is 24.7 Å². The Morgan fingerprint density at radius 1 is 1.38 bits per heavy atom. The summed E-state index contributed by atoms with van der Waals surface area (Å²) in [6.07, 6.45) is 7.56. The second-order valence-corrected chi connectivity index (χ2v) is 5.66. The number of hydrogen-bond acceptors (Lipinski definition) is 5. The van der Waals surface area contributed by atoms with Crippen LogP contribution in [-0.2, 0) is 14.3 Å². The van der Waals surface area contributed by atoms with Gasteiger partial charge in [0.15, 0.2) is 0 Å². The molecule has 0 radical (unpaired) electrons. The smallest absolute Gasteiger partial charge is 0.248 e. The average molecular weight is 294 g/mol. The van der Waals surface area contributed by atoms with Gasteiger partial charge in [0.2, 0.25) is 5.91 Å². The van der Waals surface area contributed by atoms with Crippen LogP contribution >= 0.6 is 0 Å². The van der Waals surface area contributed by atoms with Crippen molar-refractivity contribution in [3.8, 4) is 0 Å². The van der Waals surface area contributed by atoms with Gasteiger partial charge in [-0.05, 0) is 25.7 Å². The number of amides is 1. The van der Waals surface area contributed by atoms with Crippen molar-refractivity contribution in [1.82, 2.24) is 19.7 Å². The number of piperidine rings is 1. The van der Waals surface area contributed by atoms with E-state index in [2.05, 4.69) is 10.1 Å². The minimum Gasteiger partial charge on any atom is -0.376 e. The first-order valence-electron chi connectivity index (χ1n) is 7.64. The quantitative estimate of drug-likeness (QED) is 0.797. The molecule has 0 aliphatic carbocycles. The molecule has 2 aliphatic rings. The predicted octanol–water partition coefficient (Wildman–Crippen LogP) is 0.637. The summed E-state index contributed by atoms with van der Waals surface area (Å²) in [7, 11) is 0. The molecule has 0 unspecified atom stereocenters. The zero-order valence-electron chi connectivity index (χ0n) is 12.2. The lowest BCUT2D eigenvalue weighted by molar-refractivity contribution is -0.139. The Hall–Kier alpha value is -1.47. The van der Waals surface area contributed by atoms with Crippen LogP contribution in [0.4, 0.5) is 0 Å². The molecule has 7 heteroatoms. The van der Waals surface area contributed by atoms with Crippen LogP contribution in [0.25, 0.3) is 0 Å². The fourth-order valence-electron chi connectivity index (χ4n) is 2.95. The monoisotopic (exact) mass is 294 g/mol. The third kappa shape index (κ3) is 3.79. The summed E-state index contributed by atoms with van der Waals surface area (Å²) in [5.41, 5.74) is 0. The van der Waals surface area contributed by atoms with Gasteiger partial charge in [-0.2, -0.15) is 5.10 Å². The molecule has 21 heavy (non-hydrogen) atoms. The Labute approximate surface area is 124 Å². The molecule has 0 bridgehead atoms. The van der Waals surface area contributed by atoms with Crippen LogP contribution in [0.3, 0.4) is 0 Å². The number of likely N-dealkylation sites (tertiary alicyclic amines) is 1. The number of aromatic nitrogens is 3. The van der Waals surface area contributed by atoms with Crippen molar-refractivity contribution in [2.45, 2.75) is 37.8 Å². The standard InChI is InChI=1S/C14H22N4O3/c19-14(9-20-8-13-4-2-6-21-13)17-5-1-3-12(7-17)18-11-15-10-16-18/h10-13H,1-9H2/t12-,13+/m0/s1. The van der Waals surface area contributed by atoms with Gasteiger partial charge >= 0.3 is 0 Å². The first-order chi connectivity index (χ1) is 10.3. The summed E-state index contributed by atoms with van der Waals surface area (Å²) in [6.45, 7) is 2.96. The number of ether oxygens (including phenoxy) is 2. The zero-order valence-corrected chi connectivity index (χ0v) is 12.2. The van der Waals surface area contributed by atoms with Crippen molar-refractivity contribution >= 4 is 5.91 Å². The van der Waals surface area contributed by atoms with Gasteiger partial charge in [-0.1, -0.05) is 0 Å². The van der Waals surface area contributed by atoms with Crippen LogP contribution in [0, 0.1) is 0 Å². The molecule has 0 saturated carbocycles. The molecule has 0 N–H and O–H groups in total. The molecule has 2 saturated heterocycles. The van der Waals surface area contributed by atoms with Gasteiger partial charge in [0.1, 0.15) is 19.3 Å². The van der Waals surface area contributed by atoms with E-state index in [1.165, 1.54) is 6.33 Å². The van der Waals surface area contributed by atoms with Crippen LogP contribution in [0.1, 0.15) is 31.7 Å². The first kappa shape index (κ1) is 14.5. The molecule has 3 rings (SSSR count). The molecule has 3 heterocycles. The van der Waals surface area contributed by atoms with Crippen molar-refractivity contribution in [1.29, 1.82) is 0 Å². The second kappa shape index (κ2) is 7.00. The summed E-state index contributed by atoms with van der Waals surface area (Å²) in [6, 6.07) is 0.225. The normalized spacial score (nSPS) is 26.2. The molecule has 2 atom stereocenters. The predicted molar refractivity (Wildman–Crippen MR) is 74.7 cm³/mol. The van der Waals surface area contributed by atoms with E-state index in [4.69, 9.17) is 9.47 Å².